The third kappa shape index (κ3) is 4.79. The first-order chi connectivity index (χ1) is 8.15. The summed E-state index contributed by atoms with van der Waals surface area (Å²) in [5.74, 6) is 5.38. The highest BCUT2D eigenvalue weighted by Crippen LogP contribution is 2.13. The second kappa shape index (κ2) is 6.81. The normalized spacial score (nSPS) is 10.4. The molecule has 96 valence electrons. The minimum atomic E-state index is -0.0617. The second-order valence-corrected chi connectivity index (χ2v) is 3.46. The summed E-state index contributed by atoms with van der Waals surface area (Å²) in [7, 11) is 0. The molecular formula is C9H17N5O3. The van der Waals surface area contributed by atoms with Gasteiger partial charge in [-0.1, -0.05) is 0 Å². The molecule has 0 spiro atoms. The molecule has 0 aromatic carbocycles. The maximum atomic E-state index is 8.63. The first kappa shape index (κ1) is 13.4. The van der Waals surface area contributed by atoms with E-state index in [4.69, 9.17) is 20.4 Å². The maximum absolute atomic E-state index is 8.63. The Morgan fingerprint density at radius 2 is 2.00 bits per heavy atom. The van der Waals surface area contributed by atoms with Crippen LogP contribution in [0.4, 0.5) is 5.95 Å². The number of ether oxygens (including phenoxy) is 2. The molecule has 17 heavy (non-hydrogen) atoms. The van der Waals surface area contributed by atoms with Gasteiger partial charge in [0.15, 0.2) is 0 Å². The summed E-state index contributed by atoms with van der Waals surface area (Å²) in [4.78, 5) is 11.7. The Labute approximate surface area is 99.2 Å². The fourth-order valence-electron chi connectivity index (χ4n) is 0.959. The quantitative estimate of drug-likeness (QED) is 0.340. The van der Waals surface area contributed by atoms with Crippen molar-refractivity contribution in [3.8, 4) is 12.0 Å². The van der Waals surface area contributed by atoms with Crippen LogP contribution in [0.5, 0.6) is 12.0 Å². The Morgan fingerprint density at radius 3 is 2.59 bits per heavy atom. The Balaban J connectivity index is 2.74. The number of aromatic nitrogens is 3. The van der Waals surface area contributed by atoms with Crippen LogP contribution in [0.15, 0.2) is 0 Å². The van der Waals surface area contributed by atoms with Gasteiger partial charge in [-0.25, -0.2) is 5.84 Å². The first-order valence-corrected chi connectivity index (χ1v) is 5.28. The first-order valence-electron chi connectivity index (χ1n) is 5.28. The van der Waals surface area contributed by atoms with Crippen molar-refractivity contribution < 1.29 is 14.6 Å². The van der Waals surface area contributed by atoms with Crippen molar-refractivity contribution in [3.05, 3.63) is 0 Å². The van der Waals surface area contributed by atoms with Crippen LogP contribution in [-0.2, 0) is 0 Å². The van der Waals surface area contributed by atoms with Crippen molar-refractivity contribution in [2.24, 2.45) is 5.84 Å². The van der Waals surface area contributed by atoms with E-state index in [2.05, 4.69) is 20.4 Å². The summed E-state index contributed by atoms with van der Waals surface area (Å²) >= 11 is 0. The van der Waals surface area contributed by atoms with Crippen LogP contribution < -0.4 is 20.7 Å². The summed E-state index contributed by atoms with van der Waals surface area (Å²) < 4.78 is 10.5. The van der Waals surface area contributed by atoms with Gasteiger partial charge in [-0.15, -0.1) is 4.98 Å². The van der Waals surface area contributed by atoms with Crippen LogP contribution in [0.2, 0.25) is 0 Å². The van der Waals surface area contributed by atoms with Gasteiger partial charge < -0.3 is 14.6 Å². The number of hydrazine groups is 1. The monoisotopic (exact) mass is 243 g/mol. The van der Waals surface area contributed by atoms with Gasteiger partial charge >= 0.3 is 12.0 Å². The van der Waals surface area contributed by atoms with E-state index in [-0.39, 0.29) is 30.7 Å². The van der Waals surface area contributed by atoms with Crippen LogP contribution in [-0.4, -0.2) is 39.4 Å². The molecule has 1 aromatic rings. The number of hydrogen-bond donors (Lipinski definition) is 3. The molecule has 0 aliphatic heterocycles. The van der Waals surface area contributed by atoms with Crippen LogP contribution in [0, 0.1) is 0 Å². The summed E-state index contributed by atoms with van der Waals surface area (Å²) in [5, 5.41) is 8.63. The number of hydrogen-bond acceptors (Lipinski definition) is 8. The van der Waals surface area contributed by atoms with Crippen molar-refractivity contribution in [2.45, 2.75) is 26.4 Å². The molecule has 0 aliphatic carbocycles. The third-order valence-electron chi connectivity index (χ3n) is 1.60. The van der Waals surface area contributed by atoms with E-state index in [9.17, 15) is 0 Å². The van der Waals surface area contributed by atoms with E-state index in [0.717, 1.165) is 0 Å². The topological polar surface area (TPSA) is 115 Å². The molecular weight excluding hydrogens is 226 g/mol. The lowest BCUT2D eigenvalue weighted by molar-refractivity contribution is 0.204. The zero-order valence-corrected chi connectivity index (χ0v) is 9.88. The lowest BCUT2D eigenvalue weighted by Crippen LogP contribution is -2.15. The Morgan fingerprint density at radius 1 is 1.29 bits per heavy atom. The third-order valence-corrected chi connectivity index (χ3v) is 1.60. The van der Waals surface area contributed by atoms with Gasteiger partial charge in [0.05, 0.1) is 12.7 Å². The molecule has 0 unspecified atom stereocenters. The minimum Gasteiger partial charge on any atom is -0.463 e. The number of rotatable bonds is 7. The molecule has 0 saturated heterocycles. The van der Waals surface area contributed by atoms with Crippen molar-refractivity contribution in [3.63, 3.8) is 0 Å². The van der Waals surface area contributed by atoms with E-state index in [1.807, 2.05) is 13.8 Å². The highest BCUT2D eigenvalue weighted by molar-refractivity contribution is 5.25. The molecule has 4 N–H and O–H groups in total. The molecule has 8 nitrogen and oxygen atoms in total. The van der Waals surface area contributed by atoms with Gasteiger partial charge in [-0.2, -0.15) is 9.97 Å². The second-order valence-electron chi connectivity index (χ2n) is 3.46. The summed E-state index contributed by atoms with van der Waals surface area (Å²) in [6.07, 6.45) is 0.436. The summed E-state index contributed by atoms with van der Waals surface area (Å²) in [5.41, 5.74) is 2.30. The van der Waals surface area contributed by atoms with E-state index in [1.165, 1.54) is 0 Å². The molecule has 0 saturated carbocycles. The van der Waals surface area contributed by atoms with Gasteiger partial charge in [0.1, 0.15) is 0 Å². The lowest BCUT2D eigenvalue weighted by atomic mass is 10.5. The van der Waals surface area contributed by atoms with Gasteiger partial charge in [-0.3, -0.25) is 5.43 Å². The molecule has 0 atom stereocenters. The molecule has 1 aromatic heterocycles. The zero-order chi connectivity index (χ0) is 12.7. The number of nitrogen functional groups attached to an aromatic ring is 1. The SMILES string of the molecule is CC(C)Oc1nc(NN)nc(OCCCO)n1. The maximum Gasteiger partial charge on any atom is 0.324 e. The number of nitrogens with one attached hydrogen (secondary N) is 1. The Bertz CT molecular complexity index is 347. The number of aliphatic hydroxyl groups is 1. The fraction of sp³-hybridized carbons (Fsp3) is 0.667. The van der Waals surface area contributed by atoms with Crippen molar-refractivity contribution >= 4 is 5.95 Å². The molecule has 0 fully saturated rings. The van der Waals surface area contributed by atoms with E-state index in [1.54, 1.807) is 0 Å². The number of anilines is 1. The smallest absolute Gasteiger partial charge is 0.324 e. The molecule has 0 aliphatic rings. The molecule has 8 heteroatoms. The molecule has 1 rings (SSSR count). The van der Waals surface area contributed by atoms with Gasteiger partial charge in [0, 0.05) is 13.0 Å². The Hall–Kier alpha value is -1.67. The van der Waals surface area contributed by atoms with Gasteiger partial charge in [-0.05, 0) is 13.8 Å². The largest absolute Gasteiger partial charge is 0.463 e. The van der Waals surface area contributed by atoms with Crippen LogP contribution in [0.1, 0.15) is 20.3 Å². The van der Waals surface area contributed by atoms with E-state index < -0.39 is 0 Å². The lowest BCUT2D eigenvalue weighted by Gasteiger charge is -2.10. The predicted molar refractivity (Wildman–Crippen MR) is 60.6 cm³/mol. The summed E-state index contributed by atoms with van der Waals surface area (Å²) in [6, 6.07) is 0.249. The fourth-order valence-corrected chi connectivity index (χ4v) is 0.959. The predicted octanol–water partition coefficient (Wildman–Crippen LogP) is -0.294. The zero-order valence-electron chi connectivity index (χ0n) is 9.88. The van der Waals surface area contributed by atoms with E-state index >= 15 is 0 Å². The van der Waals surface area contributed by atoms with Crippen LogP contribution in [0.25, 0.3) is 0 Å². The minimum absolute atomic E-state index is 0.0441. The van der Waals surface area contributed by atoms with Gasteiger partial charge in [0.25, 0.3) is 0 Å². The van der Waals surface area contributed by atoms with Crippen molar-refractivity contribution in [2.75, 3.05) is 18.6 Å². The molecule has 0 radical (unpaired) electrons. The van der Waals surface area contributed by atoms with E-state index in [0.29, 0.717) is 13.0 Å². The highest BCUT2D eigenvalue weighted by Gasteiger charge is 2.09. The standard InChI is InChI=1S/C9H17N5O3/c1-6(2)17-9-12-7(14-10)11-8(13-9)16-5-3-4-15/h6,15H,3-5,10H2,1-2H3,(H,11,12,13,14). The average Bonchev–Trinajstić information content (AvgIpc) is 2.28. The Kier molecular flexibility index (Phi) is 5.37. The highest BCUT2D eigenvalue weighted by atomic mass is 16.5. The molecule has 0 bridgehead atoms. The average molecular weight is 243 g/mol. The number of aliphatic hydroxyl groups excluding tert-OH is 1. The summed E-state index contributed by atoms with van der Waals surface area (Å²) in [6.45, 7) is 4.06. The molecule has 1 heterocycles. The number of nitrogens with two attached hydrogens (primary N) is 1. The van der Waals surface area contributed by atoms with Crippen LogP contribution in [0.3, 0.4) is 0 Å². The van der Waals surface area contributed by atoms with Gasteiger partial charge in [0.2, 0.25) is 5.95 Å². The molecule has 0 amide bonds. The van der Waals surface area contributed by atoms with Crippen LogP contribution >= 0.6 is 0 Å². The van der Waals surface area contributed by atoms with Crippen molar-refractivity contribution in [1.82, 2.24) is 15.0 Å². The number of nitrogens with zero attached hydrogens (tertiary/aromatic N) is 3. The van der Waals surface area contributed by atoms with Crippen molar-refractivity contribution in [1.29, 1.82) is 0 Å².